The van der Waals surface area contributed by atoms with Gasteiger partial charge in [0.15, 0.2) is 0 Å². The van der Waals surface area contributed by atoms with Gasteiger partial charge in [-0.25, -0.2) is 0 Å². The van der Waals surface area contributed by atoms with Crippen molar-refractivity contribution in [1.29, 1.82) is 0 Å². The van der Waals surface area contributed by atoms with Gasteiger partial charge in [-0.1, -0.05) is 0 Å². The number of amides is 1. The van der Waals surface area contributed by atoms with Crippen LogP contribution in [0.25, 0.3) is 0 Å². The number of carbonyl (C=O) groups is 1. The third-order valence-corrected chi connectivity index (χ3v) is 2.35. The van der Waals surface area contributed by atoms with Crippen LogP contribution in [0.2, 0.25) is 0 Å². The summed E-state index contributed by atoms with van der Waals surface area (Å²) in [5.74, 6) is -0.0765. The Morgan fingerprint density at radius 2 is 2.60 bits per heavy atom. The minimum atomic E-state index is -0.0765. The lowest BCUT2D eigenvalue weighted by Crippen LogP contribution is -2.48. The molecule has 1 aromatic heterocycles. The van der Waals surface area contributed by atoms with Crippen LogP contribution in [-0.2, 0) is 4.74 Å². The first kappa shape index (κ1) is 10.2. The first-order chi connectivity index (χ1) is 7.36. The van der Waals surface area contributed by atoms with Crippen molar-refractivity contribution in [3.05, 3.63) is 24.0 Å². The van der Waals surface area contributed by atoms with Crippen LogP contribution in [0.1, 0.15) is 10.5 Å². The maximum absolute atomic E-state index is 11.5. The third kappa shape index (κ3) is 2.81. The molecule has 0 bridgehead atoms. The second-order valence-corrected chi connectivity index (χ2v) is 3.52. The normalized spacial score (nSPS) is 21.2. The van der Waals surface area contributed by atoms with Crippen LogP contribution >= 0.6 is 0 Å². The zero-order valence-corrected chi connectivity index (χ0v) is 8.45. The summed E-state index contributed by atoms with van der Waals surface area (Å²) in [5.41, 5.74) is 0.590. The molecular weight excluding hydrogens is 194 g/mol. The van der Waals surface area contributed by atoms with Gasteiger partial charge < -0.3 is 20.4 Å². The minimum Gasteiger partial charge on any atom is -0.378 e. The Balaban J connectivity index is 1.75. The average molecular weight is 209 g/mol. The number of rotatable bonds is 3. The van der Waals surface area contributed by atoms with Gasteiger partial charge >= 0.3 is 0 Å². The van der Waals surface area contributed by atoms with Crippen LogP contribution in [0.5, 0.6) is 0 Å². The quantitative estimate of drug-likeness (QED) is 0.642. The smallest absolute Gasteiger partial charge is 0.267 e. The van der Waals surface area contributed by atoms with Crippen LogP contribution in [0.4, 0.5) is 0 Å². The second-order valence-electron chi connectivity index (χ2n) is 3.52. The largest absolute Gasteiger partial charge is 0.378 e. The van der Waals surface area contributed by atoms with E-state index < -0.39 is 0 Å². The monoisotopic (exact) mass is 209 g/mol. The molecule has 1 atom stereocenters. The molecule has 3 N–H and O–H groups in total. The molecule has 1 amide bonds. The van der Waals surface area contributed by atoms with Crippen LogP contribution in [0.3, 0.4) is 0 Å². The van der Waals surface area contributed by atoms with Crippen molar-refractivity contribution in [2.45, 2.75) is 6.04 Å². The molecule has 0 spiro atoms. The molecule has 0 aliphatic carbocycles. The zero-order chi connectivity index (χ0) is 10.5. The molecule has 1 unspecified atom stereocenters. The number of aromatic amines is 1. The van der Waals surface area contributed by atoms with Gasteiger partial charge in [-0.3, -0.25) is 4.79 Å². The number of hydrogen-bond acceptors (Lipinski definition) is 3. The maximum atomic E-state index is 11.5. The Hall–Kier alpha value is -1.33. The van der Waals surface area contributed by atoms with Gasteiger partial charge in [0, 0.05) is 25.3 Å². The summed E-state index contributed by atoms with van der Waals surface area (Å²) in [6, 6.07) is 3.77. The number of nitrogens with one attached hydrogen (secondary N) is 3. The Morgan fingerprint density at radius 3 is 3.27 bits per heavy atom. The summed E-state index contributed by atoms with van der Waals surface area (Å²) >= 11 is 0. The Labute approximate surface area is 88.2 Å². The highest BCUT2D eigenvalue weighted by Gasteiger charge is 2.14. The summed E-state index contributed by atoms with van der Waals surface area (Å²) in [4.78, 5) is 14.4. The van der Waals surface area contributed by atoms with E-state index in [9.17, 15) is 4.79 Å². The highest BCUT2D eigenvalue weighted by molar-refractivity contribution is 5.92. The maximum Gasteiger partial charge on any atom is 0.267 e. The van der Waals surface area contributed by atoms with Crippen LogP contribution < -0.4 is 10.6 Å². The molecule has 1 aliphatic heterocycles. The summed E-state index contributed by atoms with van der Waals surface area (Å²) in [6.07, 6.45) is 1.73. The number of morpholine rings is 1. The predicted molar refractivity (Wildman–Crippen MR) is 55.7 cm³/mol. The van der Waals surface area contributed by atoms with Gasteiger partial charge in [0.05, 0.1) is 13.2 Å². The molecule has 1 fully saturated rings. The Bertz CT molecular complexity index is 304. The van der Waals surface area contributed by atoms with Crippen LogP contribution in [0, 0.1) is 0 Å². The van der Waals surface area contributed by atoms with E-state index in [0.717, 1.165) is 13.2 Å². The number of carbonyl (C=O) groups excluding carboxylic acids is 1. The topological polar surface area (TPSA) is 66.2 Å². The molecule has 82 valence electrons. The van der Waals surface area contributed by atoms with Crippen molar-refractivity contribution in [2.24, 2.45) is 0 Å². The van der Waals surface area contributed by atoms with Crippen molar-refractivity contribution in [2.75, 3.05) is 26.3 Å². The Morgan fingerprint density at radius 1 is 1.67 bits per heavy atom. The molecule has 1 aliphatic rings. The summed E-state index contributed by atoms with van der Waals surface area (Å²) in [7, 11) is 0. The lowest BCUT2D eigenvalue weighted by Gasteiger charge is -2.23. The zero-order valence-electron chi connectivity index (χ0n) is 8.45. The first-order valence-electron chi connectivity index (χ1n) is 5.09. The SMILES string of the molecule is O=C(NCC1COCCN1)c1ccc[nH]1. The van der Waals surface area contributed by atoms with E-state index in [1.54, 1.807) is 18.3 Å². The molecule has 1 saturated heterocycles. The summed E-state index contributed by atoms with van der Waals surface area (Å²) in [6.45, 7) is 2.85. The molecule has 5 nitrogen and oxygen atoms in total. The molecule has 0 radical (unpaired) electrons. The van der Waals surface area contributed by atoms with E-state index in [1.165, 1.54) is 0 Å². The minimum absolute atomic E-state index is 0.0765. The predicted octanol–water partition coefficient (Wildman–Crippen LogP) is -0.267. The van der Waals surface area contributed by atoms with E-state index >= 15 is 0 Å². The molecule has 2 rings (SSSR count). The third-order valence-electron chi connectivity index (χ3n) is 2.35. The highest BCUT2D eigenvalue weighted by atomic mass is 16.5. The molecular formula is C10H15N3O2. The van der Waals surface area contributed by atoms with Crippen LogP contribution in [-0.4, -0.2) is 43.2 Å². The van der Waals surface area contributed by atoms with E-state index in [1.807, 2.05) is 0 Å². The number of ether oxygens (including phenoxy) is 1. The van der Waals surface area contributed by atoms with E-state index in [0.29, 0.717) is 18.8 Å². The molecule has 15 heavy (non-hydrogen) atoms. The van der Waals surface area contributed by atoms with Gasteiger partial charge in [-0.05, 0) is 12.1 Å². The van der Waals surface area contributed by atoms with Crippen LogP contribution in [0.15, 0.2) is 18.3 Å². The van der Waals surface area contributed by atoms with Crippen molar-refractivity contribution in [1.82, 2.24) is 15.6 Å². The number of hydrogen-bond donors (Lipinski definition) is 3. The van der Waals surface area contributed by atoms with Gasteiger partial charge in [-0.15, -0.1) is 0 Å². The van der Waals surface area contributed by atoms with Gasteiger partial charge in [0.2, 0.25) is 0 Å². The standard InChI is InChI=1S/C10H15N3O2/c14-10(9-2-1-3-12-9)13-6-8-7-15-5-4-11-8/h1-3,8,11-12H,4-7H2,(H,13,14). The van der Waals surface area contributed by atoms with Gasteiger partial charge in [0.25, 0.3) is 5.91 Å². The number of aromatic nitrogens is 1. The first-order valence-corrected chi connectivity index (χ1v) is 5.09. The highest BCUT2D eigenvalue weighted by Crippen LogP contribution is 1.95. The number of H-pyrrole nitrogens is 1. The lowest BCUT2D eigenvalue weighted by atomic mass is 10.2. The molecule has 0 aromatic carbocycles. The van der Waals surface area contributed by atoms with Gasteiger partial charge in [-0.2, -0.15) is 0 Å². The molecule has 2 heterocycles. The van der Waals surface area contributed by atoms with Crippen molar-refractivity contribution in [3.8, 4) is 0 Å². The fourth-order valence-corrected chi connectivity index (χ4v) is 1.53. The fraction of sp³-hybridized carbons (Fsp3) is 0.500. The van der Waals surface area contributed by atoms with E-state index in [4.69, 9.17) is 4.74 Å². The molecule has 1 aromatic rings. The van der Waals surface area contributed by atoms with Crippen molar-refractivity contribution >= 4 is 5.91 Å². The van der Waals surface area contributed by atoms with Crippen molar-refractivity contribution < 1.29 is 9.53 Å². The Kier molecular flexibility index (Phi) is 3.37. The van der Waals surface area contributed by atoms with Crippen molar-refractivity contribution in [3.63, 3.8) is 0 Å². The lowest BCUT2D eigenvalue weighted by molar-refractivity contribution is 0.0733. The molecule has 5 heteroatoms. The van der Waals surface area contributed by atoms with E-state index in [2.05, 4.69) is 15.6 Å². The molecule has 0 saturated carbocycles. The van der Waals surface area contributed by atoms with Gasteiger partial charge in [0.1, 0.15) is 5.69 Å². The van der Waals surface area contributed by atoms with E-state index in [-0.39, 0.29) is 11.9 Å². The summed E-state index contributed by atoms with van der Waals surface area (Å²) < 4.78 is 5.28. The average Bonchev–Trinajstić information content (AvgIpc) is 2.81. The fourth-order valence-electron chi connectivity index (χ4n) is 1.53. The summed E-state index contributed by atoms with van der Waals surface area (Å²) in [5, 5.41) is 6.11. The second kappa shape index (κ2) is 4.95.